The summed E-state index contributed by atoms with van der Waals surface area (Å²) < 4.78 is 0. The highest BCUT2D eigenvalue weighted by Crippen LogP contribution is 2.11. The second-order valence-electron chi connectivity index (χ2n) is 5.83. The van der Waals surface area contributed by atoms with Gasteiger partial charge >= 0.3 is 0 Å². The summed E-state index contributed by atoms with van der Waals surface area (Å²) in [5.41, 5.74) is 3.65. The maximum absolute atomic E-state index is 4.32. The Balaban J connectivity index is 0.00000338. The predicted molar refractivity (Wildman–Crippen MR) is 120 cm³/mol. The number of nitrogens with zero attached hydrogens (tertiary/aromatic N) is 3. The van der Waals surface area contributed by atoms with Crippen LogP contribution < -0.4 is 10.6 Å². The van der Waals surface area contributed by atoms with Crippen molar-refractivity contribution < 1.29 is 0 Å². The van der Waals surface area contributed by atoms with Crippen molar-refractivity contribution in [1.29, 1.82) is 0 Å². The van der Waals surface area contributed by atoms with Crippen molar-refractivity contribution in [3.8, 4) is 0 Å². The Kier molecular flexibility index (Phi) is 10.9. The Morgan fingerprint density at radius 2 is 1.62 bits per heavy atom. The first kappa shape index (κ1) is 22.4. The molecule has 0 radical (unpaired) electrons. The van der Waals surface area contributed by atoms with Gasteiger partial charge in [0.05, 0.1) is 12.2 Å². The summed E-state index contributed by atoms with van der Waals surface area (Å²) in [6.07, 6.45) is 1.80. The van der Waals surface area contributed by atoms with Crippen LogP contribution in [-0.4, -0.2) is 36.0 Å². The lowest BCUT2D eigenvalue weighted by Gasteiger charge is -2.20. The molecule has 0 bridgehead atoms. The molecule has 26 heavy (non-hydrogen) atoms. The highest BCUT2D eigenvalue weighted by atomic mass is 127. The third kappa shape index (κ3) is 7.29. The summed E-state index contributed by atoms with van der Waals surface area (Å²) in [5.74, 6) is 0.781. The molecular weight excluding hydrogens is 437 g/mol. The molecule has 0 saturated carbocycles. The number of rotatable bonds is 8. The third-order valence-electron chi connectivity index (χ3n) is 4.24. The molecule has 6 heteroatoms. The topological polar surface area (TPSA) is 52.5 Å². The third-order valence-corrected chi connectivity index (χ3v) is 4.24. The van der Waals surface area contributed by atoms with Crippen LogP contribution in [0.4, 0.5) is 0 Å². The van der Waals surface area contributed by atoms with Gasteiger partial charge in [0.1, 0.15) is 0 Å². The quantitative estimate of drug-likeness (QED) is 0.355. The van der Waals surface area contributed by atoms with E-state index in [-0.39, 0.29) is 24.0 Å². The van der Waals surface area contributed by atoms with Crippen LogP contribution in [-0.2, 0) is 19.6 Å². The number of hydrogen-bond donors (Lipinski definition) is 2. The smallest absolute Gasteiger partial charge is 0.191 e. The maximum Gasteiger partial charge on any atom is 0.191 e. The van der Waals surface area contributed by atoms with Crippen LogP contribution >= 0.6 is 24.0 Å². The number of hydrogen-bond acceptors (Lipinski definition) is 3. The summed E-state index contributed by atoms with van der Waals surface area (Å²) in [7, 11) is 1.79. The molecule has 0 aliphatic rings. The van der Waals surface area contributed by atoms with Gasteiger partial charge in [-0.15, -0.1) is 24.0 Å². The van der Waals surface area contributed by atoms with E-state index in [0.29, 0.717) is 6.54 Å². The second kappa shape index (κ2) is 12.6. The first-order valence-electron chi connectivity index (χ1n) is 8.90. The van der Waals surface area contributed by atoms with Gasteiger partial charge in [0.2, 0.25) is 0 Å². The minimum Gasteiger partial charge on any atom is -0.352 e. The van der Waals surface area contributed by atoms with E-state index in [1.54, 1.807) is 13.2 Å². The number of nitrogens with one attached hydrogen (secondary N) is 2. The van der Waals surface area contributed by atoms with Gasteiger partial charge in [0.15, 0.2) is 5.96 Å². The number of pyridine rings is 1. The van der Waals surface area contributed by atoms with Crippen molar-refractivity contribution in [2.75, 3.05) is 20.1 Å². The second-order valence-corrected chi connectivity index (χ2v) is 5.83. The van der Waals surface area contributed by atoms with Crippen molar-refractivity contribution in [2.45, 2.75) is 33.5 Å². The fraction of sp³-hybridized carbons (Fsp3) is 0.400. The average molecular weight is 467 g/mol. The predicted octanol–water partition coefficient (Wildman–Crippen LogP) is 3.41. The number of aliphatic imine (C=N–C) groups is 1. The Labute approximate surface area is 174 Å². The van der Waals surface area contributed by atoms with E-state index in [9.17, 15) is 0 Å². The zero-order valence-corrected chi connectivity index (χ0v) is 18.2. The zero-order chi connectivity index (χ0) is 17.9. The summed E-state index contributed by atoms with van der Waals surface area (Å²) in [4.78, 5) is 11.0. The van der Waals surface area contributed by atoms with E-state index in [1.165, 1.54) is 11.1 Å². The molecule has 1 heterocycles. The van der Waals surface area contributed by atoms with Crippen molar-refractivity contribution in [3.63, 3.8) is 0 Å². The van der Waals surface area contributed by atoms with Crippen molar-refractivity contribution in [1.82, 2.24) is 20.5 Å². The largest absolute Gasteiger partial charge is 0.352 e. The molecule has 0 spiro atoms. The standard InChI is InChI=1S/C20H29N5.HI/c1-4-25(5-2)16-18-11-7-6-10-17(18)14-23-20(21-3)24-15-19-12-8-9-13-22-19;/h6-13H,4-5,14-16H2,1-3H3,(H2,21,23,24);1H. The number of halogens is 1. The minimum atomic E-state index is 0. The lowest BCUT2D eigenvalue weighted by Crippen LogP contribution is -2.36. The normalized spacial score (nSPS) is 11.2. The first-order chi connectivity index (χ1) is 12.3. The lowest BCUT2D eigenvalue weighted by molar-refractivity contribution is 0.295. The number of guanidine groups is 1. The fourth-order valence-corrected chi connectivity index (χ4v) is 2.65. The van der Waals surface area contributed by atoms with E-state index < -0.39 is 0 Å². The van der Waals surface area contributed by atoms with Gasteiger partial charge in [-0.3, -0.25) is 14.9 Å². The van der Waals surface area contributed by atoms with E-state index in [2.05, 4.69) is 63.6 Å². The van der Waals surface area contributed by atoms with Crippen LogP contribution in [0.2, 0.25) is 0 Å². The van der Waals surface area contributed by atoms with Crippen LogP contribution in [0, 0.1) is 0 Å². The molecule has 0 atom stereocenters. The molecule has 0 unspecified atom stereocenters. The van der Waals surface area contributed by atoms with Crippen LogP contribution in [0.15, 0.2) is 53.7 Å². The molecule has 2 aromatic rings. The van der Waals surface area contributed by atoms with E-state index >= 15 is 0 Å². The number of benzene rings is 1. The fourth-order valence-electron chi connectivity index (χ4n) is 2.65. The Bertz CT molecular complexity index is 656. The van der Waals surface area contributed by atoms with Crippen LogP contribution in [0.3, 0.4) is 0 Å². The molecule has 0 aliphatic heterocycles. The van der Waals surface area contributed by atoms with Crippen LogP contribution in [0.1, 0.15) is 30.7 Å². The summed E-state index contributed by atoms with van der Waals surface area (Å²) in [5, 5.41) is 6.70. The highest BCUT2D eigenvalue weighted by molar-refractivity contribution is 14.0. The molecule has 0 saturated heterocycles. The van der Waals surface area contributed by atoms with Gasteiger partial charge in [-0.05, 0) is 36.3 Å². The highest BCUT2D eigenvalue weighted by Gasteiger charge is 2.07. The minimum absolute atomic E-state index is 0. The lowest BCUT2D eigenvalue weighted by atomic mass is 10.1. The van der Waals surface area contributed by atoms with Gasteiger partial charge < -0.3 is 10.6 Å². The maximum atomic E-state index is 4.32. The first-order valence-corrected chi connectivity index (χ1v) is 8.90. The van der Waals surface area contributed by atoms with E-state index in [4.69, 9.17) is 0 Å². The Morgan fingerprint density at radius 3 is 2.23 bits per heavy atom. The molecule has 5 nitrogen and oxygen atoms in total. The van der Waals surface area contributed by atoms with Crippen LogP contribution in [0.25, 0.3) is 0 Å². The van der Waals surface area contributed by atoms with Gasteiger partial charge in [-0.25, -0.2) is 0 Å². The summed E-state index contributed by atoms with van der Waals surface area (Å²) in [6, 6.07) is 14.5. The Morgan fingerprint density at radius 1 is 0.962 bits per heavy atom. The molecule has 142 valence electrons. The molecular formula is C20H30IN5. The Hall–Kier alpha value is -1.67. The number of aromatic nitrogens is 1. The molecule has 0 fully saturated rings. The molecule has 1 aromatic heterocycles. The van der Waals surface area contributed by atoms with Gasteiger partial charge in [-0.1, -0.05) is 44.2 Å². The van der Waals surface area contributed by atoms with E-state index in [1.807, 2.05) is 18.2 Å². The van der Waals surface area contributed by atoms with Crippen molar-refractivity contribution in [3.05, 3.63) is 65.5 Å². The molecule has 0 aliphatic carbocycles. The monoisotopic (exact) mass is 467 g/mol. The average Bonchev–Trinajstić information content (AvgIpc) is 2.68. The SMILES string of the molecule is CCN(CC)Cc1ccccc1CNC(=NC)NCc1ccccn1.I. The van der Waals surface area contributed by atoms with Crippen molar-refractivity contribution >= 4 is 29.9 Å². The summed E-state index contributed by atoms with van der Waals surface area (Å²) in [6.45, 7) is 8.91. The van der Waals surface area contributed by atoms with Crippen molar-refractivity contribution in [2.24, 2.45) is 4.99 Å². The molecule has 2 N–H and O–H groups in total. The van der Waals surface area contributed by atoms with Crippen LogP contribution in [0.5, 0.6) is 0 Å². The van der Waals surface area contributed by atoms with Gasteiger partial charge in [0, 0.05) is 26.3 Å². The van der Waals surface area contributed by atoms with Gasteiger partial charge in [-0.2, -0.15) is 0 Å². The molecule has 2 rings (SSSR count). The van der Waals surface area contributed by atoms with E-state index in [0.717, 1.165) is 37.8 Å². The summed E-state index contributed by atoms with van der Waals surface area (Å²) >= 11 is 0. The molecule has 0 amide bonds. The van der Waals surface area contributed by atoms with Gasteiger partial charge in [0.25, 0.3) is 0 Å². The molecule has 1 aromatic carbocycles. The zero-order valence-electron chi connectivity index (χ0n) is 15.9.